The first kappa shape index (κ1) is 10.3. The molecule has 0 aromatic carbocycles. The molecule has 0 saturated carbocycles. The molecule has 0 aliphatic carbocycles. The van der Waals surface area contributed by atoms with Crippen molar-refractivity contribution < 1.29 is 13.9 Å². The van der Waals surface area contributed by atoms with Crippen LogP contribution in [0.5, 0.6) is 0 Å². The topological polar surface area (TPSA) is 83.0 Å². The molecule has 1 aliphatic heterocycles. The molecule has 0 bridgehead atoms. The van der Waals surface area contributed by atoms with E-state index >= 15 is 0 Å². The summed E-state index contributed by atoms with van der Waals surface area (Å²) in [5, 5.41) is 11.9. The summed E-state index contributed by atoms with van der Waals surface area (Å²) >= 11 is 1.46. The minimum Gasteiger partial charge on any atom is -0.457 e. The molecule has 88 valence electrons. The third kappa shape index (κ3) is 2.03. The van der Waals surface area contributed by atoms with Crippen molar-refractivity contribution in [1.82, 2.24) is 20.2 Å². The highest BCUT2D eigenvalue weighted by molar-refractivity contribution is 7.99. The molecule has 0 N–H and O–H groups in total. The summed E-state index contributed by atoms with van der Waals surface area (Å²) in [7, 11) is 0. The third-order valence-corrected chi connectivity index (χ3v) is 3.36. The van der Waals surface area contributed by atoms with Gasteiger partial charge in [0, 0.05) is 5.75 Å². The van der Waals surface area contributed by atoms with Crippen LogP contribution in [0.1, 0.15) is 10.6 Å². The fraction of sp³-hybridized carbons (Fsp3) is 0.333. The number of thioether (sulfide) groups is 1. The highest BCUT2D eigenvalue weighted by Crippen LogP contribution is 2.23. The number of hydrogen-bond donors (Lipinski definition) is 0. The summed E-state index contributed by atoms with van der Waals surface area (Å²) in [5.74, 6) is 0.391. The Morgan fingerprint density at radius 1 is 1.65 bits per heavy atom. The van der Waals surface area contributed by atoms with Crippen molar-refractivity contribution in [3.05, 3.63) is 24.2 Å². The Labute approximate surface area is 100 Å². The normalized spacial score (nSPS) is 18.7. The SMILES string of the molecule is O=C(O[C@H]1CSc2nnnn2C1)c1ccco1. The molecule has 0 spiro atoms. The maximum absolute atomic E-state index is 11.6. The second-order valence-corrected chi connectivity index (χ2v) is 4.45. The third-order valence-electron chi connectivity index (χ3n) is 2.27. The van der Waals surface area contributed by atoms with Crippen molar-refractivity contribution >= 4 is 17.7 Å². The maximum Gasteiger partial charge on any atom is 0.374 e. The number of fused-ring (bicyclic) bond motifs is 1. The minimum atomic E-state index is -0.461. The molecule has 7 nitrogen and oxygen atoms in total. The summed E-state index contributed by atoms with van der Waals surface area (Å²) in [4.78, 5) is 11.6. The number of hydrogen-bond acceptors (Lipinski definition) is 7. The molecule has 0 unspecified atom stereocenters. The lowest BCUT2D eigenvalue weighted by molar-refractivity contribution is 0.0259. The molecule has 0 radical (unpaired) electrons. The quantitative estimate of drug-likeness (QED) is 0.723. The van der Waals surface area contributed by atoms with Gasteiger partial charge in [-0.25, -0.2) is 9.48 Å². The molecule has 0 fully saturated rings. The molecule has 1 atom stereocenters. The smallest absolute Gasteiger partial charge is 0.374 e. The number of carbonyl (C=O) groups excluding carboxylic acids is 1. The number of nitrogens with zero attached hydrogens (tertiary/aromatic N) is 4. The van der Waals surface area contributed by atoms with Crippen LogP contribution in [0.4, 0.5) is 0 Å². The van der Waals surface area contributed by atoms with Gasteiger partial charge >= 0.3 is 5.97 Å². The molecule has 1 aliphatic rings. The molecule has 3 heterocycles. The second kappa shape index (κ2) is 4.21. The van der Waals surface area contributed by atoms with E-state index in [2.05, 4.69) is 15.5 Å². The lowest BCUT2D eigenvalue weighted by atomic mass is 10.4. The zero-order valence-corrected chi connectivity index (χ0v) is 9.46. The zero-order valence-electron chi connectivity index (χ0n) is 8.65. The van der Waals surface area contributed by atoms with Crippen molar-refractivity contribution in [3.8, 4) is 0 Å². The molecule has 2 aromatic heterocycles. The van der Waals surface area contributed by atoms with Crippen molar-refractivity contribution in [3.63, 3.8) is 0 Å². The van der Waals surface area contributed by atoms with Crippen LogP contribution < -0.4 is 0 Å². The number of carbonyl (C=O) groups is 1. The summed E-state index contributed by atoms with van der Waals surface area (Å²) in [5.41, 5.74) is 0. The van der Waals surface area contributed by atoms with Crippen LogP contribution in [0, 0.1) is 0 Å². The van der Waals surface area contributed by atoms with E-state index in [1.807, 2.05) is 0 Å². The number of furan rings is 1. The maximum atomic E-state index is 11.6. The van der Waals surface area contributed by atoms with Crippen molar-refractivity contribution in [2.45, 2.75) is 17.8 Å². The fourth-order valence-electron chi connectivity index (χ4n) is 1.50. The molecule has 3 rings (SSSR count). The van der Waals surface area contributed by atoms with Crippen LogP contribution >= 0.6 is 11.8 Å². The van der Waals surface area contributed by atoms with Gasteiger partial charge in [0.05, 0.1) is 12.8 Å². The predicted molar refractivity (Wildman–Crippen MR) is 56.5 cm³/mol. The van der Waals surface area contributed by atoms with Gasteiger partial charge in [0.1, 0.15) is 6.10 Å². The van der Waals surface area contributed by atoms with Crippen LogP contribution in [-0.4, -0.2) is 38.0 Å². The molecule has 8 heteroatoms. The van der Waals surface area contributed by atoms with E-state index < -0.39 is 5.97 Å². The van der Waals surface area contributed by atoms with Crippen LogP contribution in [-0.2, 0) is 11.3 Å². The highest BCUT2D eigenvalue weighted by atomic mass is 32.2. The summed E-state index contributed by atoms with van der Waals surface area (Å²) < 4.78 is 11.9. The van der Waals surface area contributed by atoms with Gasteiger partial charge < -0.3 is 9.15 Å². The van der Waals surface area contributed by atoms with E-state index in [1.54, 1.807) is 16.8 Å². The summed E-state index contributed by atoms with van der Waals surface area (Å²) in [6.45, 7) is 0.474. The number of esters is 1. The molecule has 0 saturated heterocycles. The van der Waals surface area contributed by atoms with Crippen molar-refractivity contribution in [2.24, 2.45) is 0 Å². The number of rotatable bonds is 2. The summed E-state index contributed by atoms with van der Waals surface area (Å²) in [6, 6.07) is 3.21. The Hall–Kier alpha value is -1.83. The largest absolute Gasteiger partial charge is 0.457 e. The summed E-state index contributed by atoms with van der Waals surface area (Å²) in [6.07, 6.45) is 1.19. The second-order valence-electron chi connectivity index (χ2n) is 3.46. The number of ether oxygens (including phenoxy) is 1. The van der Waals surface area contributed by atoms with E-state index in [0.29, 0.717) is 12.3 Å². The van der Waals surface area contributed by atoms with Gasteiger partial charge in [0.15, 0.2) is 0 Å². The average molecular weight is 252 g/mol. The van der Waals surface area contributed by atoms with Gasteiger partial charge in [0.25, 0.3) is 0 Å². The number of tetrazole rings is 1. The molecule has 17 heavy (non-hydrogen) atoms. The zero-order chi connectivity index (χ0) is 11.7. The monoisotopic (exact) mass is 252 g/mol. The number of aromatic nitrogens is 4. The Morgan fingerprint density at radius 3 is 3.41 bits per heavy atom. The van der Waals surface area contributed by atoms with E-state index in [9.17, 15) is 4.79 Å². The molecule has 2 aromatic rings. The van der Waals surface area contributed by atoms with Gasteiger partial charge in [0.2, 0.25) is 10.9 Å². The van der Waals surface area contributed by atoms with Crippen LogP contribution in [0.3, 0.4) is 0 Å². The van der Waals surface area contributed by atoms with Gasteiger partial charge in [-0.3, -0.25) is 0 Å². The Kier molecular flexibility index (Phi) is 2.56. The van der Waals surface area contributed by atoms with Crippen LogP contribution in [0.15, 0.2) is 28.0 Å². The van der Waals surface area contributed by atoms with Crippen LogP contribution in [0.25, 0.3) is 0 Å². The van der Waals surface area contributed by atoms with Crippen LogP contribution in [0.2, 0.25) is 0 Å². The highest BCUT2D eigenvalue weighted by Gasteiger charge is 2.25. The molecule has 0 amide bonds. The first-order chi connectivity index (χ1) is 8.33. The standard InChI is InChI=1S/C9H8N4O3S/c14-8(7-2-1-3-15-7)16-6-4-13-9(17-5-6)10-11-12-13/h1-3,6H,4-5H2/t6-/m1/s1. The first-order valence-corrected chi connectivity index (χ1v) is 5.95. The lowest BCUT2D eigenvalue weighted by Crippen LogP contribution is -2.30. The van der Waals surface area contributed by atoms with Gasteiger partial charge in [-0.05, 0) is 22.6 Å². The van der Waals surface area contributed by atoms with E-state index in [-0.39, 0.29) is 11.9 Å². The Balaban J connectivity index is 1.66. The first-order valence-electron chi connectivity index (χ1n) is 4.96. The molecular weight excluding hydrogens is 244 g/mol. The van der Waals surface area contributed by atoms with E-state index in [1.165, 1.54) is 18.0 Å². The Bertz CT molecular complexity index is 524. The molecular formula is C9H8N4O3S. The Morgan fingerprint density at radius 2 is 2.59 bits per heavy atom. The van der Waals surface area contributed by atoms with Crippen molar-refractivity contribution in [2.75, 3.05) is 5.75 Å². The van der Waals surface area contributed by atoms with Gasteiger partial charge in [-0.1, -0.05) is 11.8 Å². The average Bonchev–Trinajstić information content (AvgIpc) is 2.99. The van der Waals surface area contributed by atoms with Gasteiger partial charge in [-0.15, -0.1) is 5.10 Å². The van der Waals surface area contributed by atoms with E-state index in [0.717, 1.165) is 5.16 Å². The minimum absolute atomic E-state index is 0.206. The fourth-order valence-corrected chi connectivity index (χ4v) is 2.37. The lowest BCUT2D eigenvalue weighted by Gasteiger charge is -2.20. The van der Waals surface area contributed by atoms with E-state index in [4.69, 9.17) is 9.15 Å². The van der Waals surface area contributed by atoms with Gasteiger partial charge in [-0.2, -0.15) is 0 Å². The predicted octanol–water partition coefficient (Wildman–Crippen LogP) is 0.597. The van der Waals surface area contributed by atoms with Crippen molar-refractivity contribution in [1.29, 1.82) is 0 Å².